The van der Waals surface area contributed by atoms with Crippen LogP contribution < -0.4 is 5.32 Å². The van der Waals surface area contributed by atoms with Crippen LogP contribution in [-0.2, 0) is 0 Å². The molecular weight excluding hydrogens is 298 g/mol. The molecule has 1 amide bonds. The Morgan fingerprint density at radius 2 is 2.00 bits per heavy atom. The van der Waals surface area contributed by atoms with Gasteiger partial charge >= 0.3 is 0 Å². The molecule has 0 atom stereocenters. The van der Waals surface area contributed by atoms with Crippen molar-refractivity contribution in [3.8, 4) is 22.2 Å². The average molecular weight is 311 g/mol. The van der Waals surface area contributed by atoms with Crippen molar-refractivity contribution < 1.29 is 9.32 Å². The molecule has 22 heavy (non-hydrogen) atoms. The molecule has 5 nitrogen and oxygen atoms in total. The fourth-order valence-corrected chi connectivity index (χ4v) is 2.92. The lowest BCUT2D eigenvalue weighted by atomic mass is 10.2. The molecule has 1 aliphatic rings. The summed E-state index contributed by atoms with van der Waals surface area (Å²) in [7, 11) is 0. The number of nitrogens with zero attached hydrogens (tertiary/aromatic N) is 2. The summed E-state index contributed by atoms with van der Waals surface area (Å²) in [5.41, 5.74) is 0.879. The summed E-state index contributed by atoms with van der Waals surface area (Å²) in [6.07, 6.45) is 2.16. The Labute approximate surface area is 131 Å². The van der Waals surface area contributed by atoms with Crippen molar-refractivity contribution in [3.63, 3.8) is 0 Å². The molecule has 0 saturated heterocycles. The van der Waals surface area contributed by atoms with E-state index in [1.807, 2.05) is 36.4 Å². The number of rotatable bonds is 4. The van der Waals surface area contributed by atoms with Crippen LogP contribution in [0.5, 0.6) is 0 Å². The van der Waals surface area contributed by atoms with E-state index in [4.69, 9.17) is 4.52 Å². The molecule has 6 heteroatoms. The zero-order valence-corrected chi connectivity index (χ0v) is 12.5. The SMILES string of the molecule is O=C(NC1CC1)c1ccc(-c2noc(-c3ccccc3)n2)s1. The monoisotopic (exact) mass is 311 g/mol. The molecule has 3 aromatic rings. The fourth-order valence-electron chi connectivity index (χ4n) is 2.09. The van der Waals surface area contributed by atoms with Gasteiger partial charge in [-0.15, -0.1) is 11.3 Å². The maximum atomic E-state index is 12.0. The number of thiophene rings is 1. The van der Waals surface area contributed by atoms with Gasteiger partial charge in [0, 0.05) is 11.6 Å². The van der Waals surface area contributed by atoms with Crippen molar-refractivity contribution in [2.24, 2.45) is 0 Å². The van der Waals surface area contributed by atoms with Gasteiger partial charge in [-0.1, -0.05) is 23.4 Å². The molecule has 2 heterocycles. The van der Waals surface area contributed by atoms with Crippen molar-refractivity contribution in [2.75, 3.05) is 0 Å². The molecule has 1 aliphatic carbocycles. The van der Waals surface area contributed by atoms with Gasteiger partial charge in [0.25, 0.3) is 11.8 Å². The summed E-state index contributed by atoms with van der Waals surface area (Å²) in [5.74, 6) is 0.966. The third-order valence-corrected chi connectivity index (χ3v) is 4.49. The van der Waals surface area contributed by atoms with Crippen LogP contribution in [0, 0.1) is 0 Å². The van der Waals surface area contributed by atoms with Crippen LogP contribution in [0.15, 0.2) is 47.0 Å². The van der Waals surface area contributed by atoms with Gasteiger partial charge in [-0.25, -0.2) is 0 Å². The number of amides is 1. The highest BCUT2D eigenvalue weighted by molar-refractivity contribution is 7.17. The fraction of sp³-hybridized carbons (Fsp3) is 0.188. The highest BCUT2D eigenvalue weighted by atomic mass is 32.1. The summed E-state index contributed by atoms with van der Waals surface area (Å²) in [4.78, 5) is 17.9. The van der Waals surface area contributed by atoms with E-state index in [1.54, 1.807) is 6.07 Å². The molecule has 0 bridgehead atoms. The first-order valence-electron chi connectivity index (χ1n) is 7.10. The lowest BCUT2D eigenvalue weighted by Gasteiger charge is -1.98. The highest BCUT2D eigenvalue weighted by Crippen LogP contribution is 2.28. The van der Waals surface area contributed by atoms with Gasteiger partial charge in [0.05, 0.1) is 9.75 Å². The highest BCUT2D eigenvalue weighted by Gasteiger charge is 2.24. The molecule has 0 aliphatic heterocycles. The van der Waals surface area contributed by atoms with Crippen LogP contribution >= 0.6 is 11.3 Å². The molecule has 2 aromatic heterocycles. The predicted molar refractivity (Wildman–Crippen MR) is 83.5 cm³/mol. The van der Waals surface area contributed by atoms with Gasteiger partial charge in [-0.05, 0) is 37.1 Å². The second-order valence-electron chi connectivity index (χ2n) is 5.20. The minimum atomic E-state index is -0.0227. The van der Waals surface area contributed by atoms with Gasteiger partial charge in [0.2, 0.25) is 5.82 Å². The minimum Gasteiger partial charge on any atom is -0.349 e. The van der Waals surface area contributed by atoms with E-state index in [0.717, 1.165) is 23.3 Å². The number of aromatic nitrogens is 2. The molecular formula is C16H13N3O2S. The largest absolute Gasteiger partial charge is 0.349 e. The average Bonchev–Trinajstić information content (AvgIpc) is 3.07. The van der Waals surface area contributed by atoms with E-state index < -0.39 is 0 Å². The second kappa shape index (κ2) is 5.38. The Kier molecular flexibility index (Phi) is 3.23. The van der Waals surface area contributed by atoms with Crippen molar-refractivity contribution in [3.05, 3.63) is 47.3 Å². The van der Waals surface area contributed by atoms with E-state index in [0.29, 0.717) is 22.6 Å². The summed E-state index contributed by atoms with van der Waals surface area (Å²) in [5, 5.41) is 6.97. The Morgan fingerprint density at radius 3 is 2.77 bits per heavy atom. The van der Waals surface area contributed by atoms with Gasteiger partial charge in [0.15, 0.2) is 0 Å². The van der Waals surface area contributed by atoms with Gasteiger partial charge in [-0.3, -0.25) is 4.79 Å². The first-order valence-corrected chi connectivity index (χ1v) is 7.91. The van der Waals surface area contributed by atoms with E-state index in [9.17, 15) is 4.79 Å². The van der Waals surface area contributed by atoms with Crippen molar-refractivity contribution in [2.45, 2.75) is 18.9 Å². The summed E-state index contributed by atoms with van der Waals surface area (Å²) in [6, 6.07) is 13.6. The number of hydrogen-bond acceptors (Lipinski definition) is 5. The van der Waals surface area contributed by atoms with Crippen molar-refractivity contribution in [1.82, 2.24) is 15.5 Å². The third-order valence-electron chi connectivity index (χ3n) is 3.41. The molecule has 0 unspecified atom stereocenters. The quantitative estimate of drug-likeness (QED) is 0.802. The number of benzene rings is 1. The minimum absolute atomic E-state index is 0.0227. The van der Waals surface area contributed by atoms with Crippen LogP contribution in [0.25, 0.3) is 22.2 Å². The topological polar surface area (TPSA) is 68.0 Å². The van der Waals surface area contributed by atoms with Gasteiger partial charge < -0.3 is 9.84 Å². The lowest BCUT2D eigenvalue weighted by molar-refractivity contribution is 0.0955. The lowest BCUT2D eigenvalue weighted by Crippen LogP contribution is -2.24. The zero-order chi connectivity index (χ0) is 14.9. The Hall–Kier alpha value is -2.47. The predicted octanol–water partition coefficient (Wildman–Crippen LogP) is 3.36. The van der Waals surface area contributed by atoms with Crippen LogP contribution in [0.3, 0.4) is 0 Å². The van der Waals surface area contributed by atoms with Gasteiger partial charge in [-0.2, -0.15) is 4.98 Å². The van der Waals surface area contributed by atoms with E-state index >= 15 is 0 Å². The van der Waals surface area contributed by atoms with Crippen molar-refractivity contribution in [1.29, 1.82) is 0 Å². The molecule has 1 N–H and O–H groups in total. The Balaban J connectivity index is 1.56. The molecule has 1 saturated carbocycles. The molecule has 1 fully saturated rings. The number of nitrogens with one attached hydrogen (secondary N) is 1. The van der Waals surface area contributed by atoms with Crippen LogP contribution in [-0.4, -0.2) is 22.1 Å². The van der Waals surface area contributed by atoms with Crippen LogP contribution in [0.1, 0.15) is 22.5 Å². The first kappa shape index (κ1) is 13.2. The molecule has 110 valence electrons. The number of carbonyl (C=O) groups excluding carboxylic acids is 1. The summed E-state index contributed by atoms with van der Waals surface area (Å²) >= 11 is 1.38. The maximum Gasteiger partial charge on any atom is 0.261 e. The molecule has 4 rings (SSSR count). The zero-order valence-electron chi connectivity index (χ0n) is 11.7. The van der Waals surface area contributed by atoms with Crippen LogP contribution in [0.4, 0.5) is 0 Å². The Bertz CT molecular complexity index is 806. The van der Waals surface area contributed by atoms with E-state index in [-0.39, 0.29) is 5.91 Å². The number of hydrogen-bond donors (Lipinski definition) is 1. The van der Waals surface area contributed by atoms with Crippen molar-refractivity contribution >= 4 is 17.2 Å². The van der Waals surface area contributed by atoms with Crippen LogP contribution in [0.2, 0.25) is 0 Å². The molecule has 1 aromatic carbocycles. The van der Waals surface area contributed by atoms with E-state index in [2.05, 4.69) is 15.5 Å². The summed E-state index contributed by atoms with van der Waals surface area (Å²) in [6.45, 7) is 0. The normalized spacial score (nSPS) is 14.0. The second-order valence-corrected chi connectivity index (χ2v) is 6.28. The maximum absolute atomic E-state index is 12.0. The first-order chi connectivity index (χ1) is 10.8. The number of carbonyl (C=O) groups is 1. The smallest absolute Gasteiger partial charge is 0.261 e. The molecule has 0 radical (unpaired) electrons. The van der Waals surface area contributed by atoms with E-state index in [1.165, 1.54) is 11.3 Å². The Morgan fingerprint density at radius 1 is 1.18 bits per heavy atom. The molecule has 0 spiro atoms. The standard InChI is InChI=1S/C16H13N3O2S/c20-15(17-11-6-7-11)13-9-8-12(22-13)14-18-16(21-19-14)10-4-2-1-3-5-10/h1-5,8-9,11H,6-7H2,(H,17,20). The third kappa shape index (κ3) is 2.65. The summed E-state index contributed by atoms with van der Waals surface area (Å²) < 4.78 is 5.29. The van der Waals surface area contributed by atoms with Gasteiger partial charge in [0.1, 0.15) is 0 Å².